The van der Waals surface area contributed by atoms with Crippen LogP contribution in [-0.4, -0.2) is 13.1 Å². The zero-order valence-corrected chi connectivity index (χ0v) is 13.8. The maximum Gasteiger partial charge on any atom is 0.306 e. The first kappa shape index (κ1) is 16.3. The molecule has 2 rings (SSSR count). The van der Waals surface area contributed by atoms with Crippen molar-refractivity contribution in [2.24, 2.45) is 0 Å². The molecule has 0 bridgehead atoms. The van der Waals surface area contributed by atoms with Gasteiger partial charge in [-0.3, -0.25) is 4.79 Å². The van der Waals surface area contributed by atoms with Crippen molar-refractivity contribution in [1.82, 2.24) is 0 Å². The summed E-state index contributed by atoms with van der Waals surface area (Å²) in [7, 11) is 1.44. The van der Waals surface area contributed by atoms with Gasteiger partial charge >= 0.3 is 5.97 Å². The number of carbonyl (C=O) groups is 1. The lowest BCUT2D eigenvalue weighted by molar-refractivity contribution is -0.140. The largest absolute Gasteiger partial charge is 0.469 e. The molecule has 2 aromatic rings. The van der Waals surface area contributed by atoms with Crippen molar-refractivity contribution in [3.63, 3.8) is 0 Å². The molecule has 0 radical (unpaired) electrons. The Bertz CT molecular complexity index is 606. The molecule has 1 atom stereocenters. The van der Waals surface area contributed by atoms with Crippen molar-refractivity contribution in [3.8, 4) is 0 Å². The number of carbonyl (C=O) groups excluding carboxylic acids is 1. The third-order valence-electron chi connectivity index (χ3n) is 3.98. The van der Waals surface area contributed by atoms with E-state index in [2.05, 4.69) is 57.2 Å². The topological polar surface area (TPSA) is 26.3 Å². The van der Waals surface area contributed by atoms with Gasteiger partial charge in [-0.2, -0.15) is 0 Å². The minimum absolute atomic E-state index is 0.0302. The van der Waals surface area contributed by atoms with Gasteiger partial charge in [-0.15, -0.1) is 0 Å². The third-order valence-corrected chi connectivity index (χ3v) is 3.98. The highest BCUT2D eigenvalue weighted by Gasteiger charge is 2.20. The molecule has 0 aromatic heterocycles. The molecule has 0 heterocycles. The zero-order chi connectivity index (χ0) is 16.2. The van der Waals surface area contributed by atoms with Crippen LogP contribution >= 0.6 is 0 Å². The zero-order valence-electron chi connectivity index (χ0n) is 13.8. The van der Waals surface area contributed by atoms with Crippen LogP contribution in [0.4, 0.5) is 0 Å². The highest BCUT2D eigenvalue weighted by Crippen LogP contribution is 2.30. The fourth-order valence-electron chi connectivity index (χ4n) is 2.58. The highest BCUT2D eigenvalue weighted by molar-refractivity contribution is 5.71. The molecule has 0 saturated carbocycles. The minimum atomic E-state index is -0.186. The van der Waals surface area contributed by atoms with Crippen LogP contribution in [-0.2, 0) is 14.9 Å². The summed E-state index contributed by atoms with van der Waals surface area (Å²) in [6, 6.07) is 18.7. The van der Waals surface area contributed by atoms with E-state index in [1.54, 1.807) is 0 Å². The summed E-state index contributed by atoms with van der Waals surface area (Å²) in [6.45, 7) is 6.60. The van der Waals surface area contributed by atoms with Gasteiger partial charge < -0.3 is 4.74 Å². The number of ether oxygens (including phenoxy) is 1. The summed E-state index contributed by atoms with van der Waals surface area (Å²) in [5.41, 5.74) is 3.70. The molecule has 0 aliphatic rings. The summed E-state index contributed by atoms with van der Waals surface area (Å²) in [5.74, 6) is -0.156. The average molecular weight is 296 g/mol. The van der Waals surface area contributed by atoms with Gasteiger partial charge in [0.2, 0.25) is 0 Å². The van der Waals surface area contributed by atoms with Crippen LogP contribution < -0.4 is 0 Å². The van der Waals surface area contributed by atoms with E-state index >= 15 is 0 Å². The Labute approximate surface area is 133 Å². The van der Waals surface area contributed by atoms with Gasteiger partial charge in [-0.25, -0.2) is 0 Å². The summed E-state index contributed by atoms with van der Waals surface area (Å²) >= 11 is 0. The second-order valence-electron chi connectivity index (χ2n) is 6.62. The van der Waals surface area contributed by atoms with E-state index in [0.717, 1.165) is 11.1 Å². The van der Waals surface area contributed by atoms with Crippen molar-refractivity contribution < 1.29 is 9.53 Å². The van der Waals surface area contributed by atoms with Crippen molar-refractivity contribution in [1.29, 1.82) is 0 Å². The predicted octanol–water partition coefficient (Wildman–Crippen LogP) is 4.68. The fourth-order valence-corrected chi connectivity index (χ4v) is 2.58. The molecule has 0 fully saturated rings. The lowest BCUT2D eigenvalue weighted by atomic mass is 9.83. The SMILES string of the molecule is COC(=O)CC(c1ccccc1)c1ccc(C(C)(C)C)cc1. The first-order chi connectivity index (χ1) is 10.4. The number of methoxy groups -OCH3 is 1. The molecule has 0 N–H and O–H groups in total. The van der Waals surface area contributed by atoms with E-state index in [1.165, 1.54) is 12.7 Å². The van der Waals surface area contributed by atoms with E-state index in [-0.39, 0.29) is 17.3 Å². The molecular weight excluding hydrogens is 272 g/mol. The van der Waals surface area contributed by atoms with Crippen LogP contribution in [0.1, 0.15) is 49.8 Å². The van der Waals surface area contributed by atoms with Crippen LogP contribution in [0.5, 0.6) is 0 Å². The molecule has 0 spiro atoms. The van der Waals surface area contributed by atoms with E-state index < -0.39 is 0 Å². The first-order valence-electron chi connectivity index (χ1n) is 7.64. The summed E-state index contributed by atoms with van der Waals surface area (Å²) in [5, 5.41) is 0. The van der Waals surface area contributed by atoms with E-state index in [0.29, 0.717) is 6.42 Å². The van der Waals surface area contributed by atoms with Crippen molar-refractivity contribution in [2.75, 3.05) is 7.11 Å². The van der Waals surface area contributed by atoms with Crippen LogP contribution in [0, 0.1) is 0 Å². The van der Waals surface area contributed by atoms with E-state index in [9.17, 15) is 4.79 Å². The van der Waals surface area contributed by atoms with Gasteiger partial charge in [0, 0.05) is 5.92 Å². The smallest absolute Gasteiger partial charge is 0.306 e. The van der Waals surface area contributed by atoms with Gasteiger partial charge in [-0.1, -0.05) is 75.4 Å². The molecule has 22 heavy (non-hydrogen) atoms. The predicted molar refractivity (Wildman–Crippen MR) is 90.1 cm³/mol. The van der Waals surface area contributed by atoms with Crippen LogP contribution in [0.3, 0.4) is 0 Å². The average Bonchev–Trinajstić information content (AvgIpc) is 2.52. The Balaban J connectivity index is 2.35. The molecule has 2 nitrogen and oxygen atoms in total. The molecule has 0 aliphatic carbocycles. The molecule has 0 aliphatic heterocycles. The second kappa shape index (κ2) is 6.78. The quantitative estimate of drug-likeness (QED) is 0.766. The standard InChI is InChI=1S/C20H24O2/c1-20(2,3)17-12-10-16(11-13-17)18(14-19(21)22-4)15-8-6-5-7-9-15/h5-13,18H,14H2,1-4H3. The maximum atomic E-state index is 11.8. The van der Waals surface area contributed by atoms with E-state index in [1.807, 2.05) is 18.2 Å². The van der Waals surface area contributed by atoms with E-state index in [4.69, 9.17) is 4.74 Å². The minimum Gasteiger partial charge on any atom is -0.469 e. The fraction of sp³-hybridized carbons (Fsp3) is 0.350. The summed E-state index contributed by atoms with van der Waals surface area (Å²) < 4.78 is 4.86. The van der Waals surface area contributed by atoms with Gasteiger partial charge in [-0.05, 0) is 22.1 Å². The molecule has 2 aromatic carbocycles. The van der Waals surface area contributed by atoms with Gasteiger partial charge in [0.15, 0.2) is 0 Å². The number of rotatable bonds is 4. The maximum absolute atomic E-state index is 11.8. The molecular formula is C20H24O2. The Morgan fingerprint density at radius 3 is 2.00 bits per heavy atom. The Morgan fingerprint density at radius 1 is 0.955 bits per heavy atom. The number of hydrogen-bond donors (Lipinski definition) is 0. The number of esters is 1. The van der Waals surface area contributed by atoms with Gasteiger partial charge in [0.1, 0.15) is 0 Å². The molecule has 2 heteroatoms. The lowest BCUT2D eigenvalue weighted by Crippen LogP contribution is -2.13. The summed E-state index contributed by atoms with van der Waals surface area (Å²) in [4.78, 5) is 11.8. The monoisotopic (exact) mass is 296 g/mol. The van der Waals surface area contributed by atoms with Gasteiger partial charge in [0.05, 0.1) is 13.5 Å². The first-order valence-corrected chi connectivity index (χ1v) is 7.64. The van der Waals surface area contributed by atoms with Crippen molar-refractivity contribution in [3.05, 3.63) is 71.3 Å². The Kier molecular flexibility index (Phi) is 5.02. The normalized spacial score (nSPS) is 12.7. The van der Waals surface area contributed by atoms with Crippen molar-refractivity contribution >= 4 is 5.97 Å². The highest BCUT2D eigenvalue weighted by atomic mass is 16.5. The van der Waals surface area contributed by atoms with Crippen LogP contribution in [0.25, 0.3) is 0 Å². The lowest BCUT2D eigenvalue weighted by Gasteiger charge is -2.21. The Hall–Kier alpha value is -2.09. The summed E-state index contributed by atoms with van der Waals surface area (Å²) in [6.07, 6.45) is 0.357. The molecule has 116 valence electrons. The second-order valence-corrected chi connectivity index (χ2v) is 6.62. The Morgan fingerprint density at radius 2 is 1.50 bits per heavy atom. The third kappa shape index (κ3) is 3.97. The van der Waals surface area contributed by atoms with Crippen LogP contribution in [0.15, 0.2) is 54.6 Å². The number of benzene rings is 2. The number of hydrogen-bond acceptors (Lipinski definition) is 2. The van der Waals surface area contributed by atoms with Crippen LogP contribution in [0.2, 0.25) is 0 Å². The molecule has 0 amide bonds. The molecule has 0 saturated heterocycles. The van der Waals surface area contributed by atoms with Gasteiger partial charge in [0.25, 0.3) is 0 Å². The molecule has 1 unspecified atom stereocenters. The van der Waals surface area contributed by atoms with Crippen molar-refractivity contribution in [2.45, 2.75) is 38.5 Å².